The van der Waals surface area contributed by atoms with Crippen LogP contribution in [0, 0.1) is 0 Å². The van der Waals surface area contributed by atoms with E-state index in [1.165, 1.54) is 89.4 Å². The van der Waals surface area contributed by atoms with E-state index in [0.717, 1.165) is 22.6 Å². The van der Waals surface area contributed by atoms with Crippen LogP contribution in [-0.4, -0.2) is 35.0 Å². The van der Waals surface area contributed by atoms with Crippen LogP contribution in [-0.2, 0) is 15.9 Å². The summed E-state index contributed by atoms with van der Waals surface area (Å²) >= 11 is -0.106. The average Bonchev–Trinajstić information content (AvgIpc) is 3.03. The SMILES string of the molecule is CC=CC=CCP(C1CCCCC1)C1CCCCC1.CC=CC=CCP(C1CCCCC1)C1CCCCC1.[Cl][Pd][Cl]. The molecule has 0 aliphatic heterocycles. The summed E-state index contributed by atoms with van der Waals surface area (Å²) in [4.78, 5) is 0. The van der Waals surface area contributed by atoms with Gasteiger partial charge in [0.15, 0.2) is 0 Å². The van der Waals surface area contributed by atoms with Crippen LogP contribution in [0.15, 0.2) is 48.6 Å². The molecule has 4 saturated carbocycles. The van der Waals surface area contributed by atoms with Crippen LogP contribution >= 0.6 is 34.9 Å². The second-order valence-corrected chi connectivity index (χ2v) is 20.6. The maximum atomic E-state index is 4.81. The molecular weight excluding hydrogens is 672 g/mol. The first-order valence-corrected chi connectivity index (χ1v) is 24.5. The minimum atomic E-state index is -0.106. The van der Waals surface area contributed by atoms with Crippen molar-refractivity contribution in [3.63, 3.8) is 0 Å². The second-order valence-electron chi connectivity index (χ2n) is 12.5. The molecule has 0 aromatic rings. The standard InChI is InChI=1S/2C18H31P.2ClH.Pd/c2*1-2-3-4-11-16-19(17-12-7-5-8-13-17)18-14-9-6-10-15-18;;;/h2*2-4,11,17-18H,5-10,12-16H2,1H3;2*1H;/q;;;;+2/p-2. The van der Waals surface area contributed by atoms with Crippen LogP contribution in [0.25, 0.3) is 0 Å². The van der Waals surface area contributed by atoms with Gasteiger partial charge < -0.3 is 0 Å². The number of halogens is 2. The molecule has 240 valence electrons. The van der Waals surface area contributed by atoms with E-state index in [-0.39, 0.29) is 31.8 Å². The molecule has 4 fully saturated rings. The molecule has 0 N–H and O–H groups in total. The Kier molecular flexibility index (Phi) is 24.5. The van der Waals surface area contributed by atoms with Gasteiger partial charge in [0.25, 0.3) is 0 Å². The van der Waals surface area contributed by atoms with Crippen molar-refractivity contribution in [1.82, 2.24) is 0 Å². The van der Waals surface area contributed by atoms with Gasteiger partial charge in [0.2, 0.25) is 0 Å². The predicted molar refractivity (Wildman–Crippen MR) is 191 cm³/mol. The zero-order valence-electron chi connectivity index (χ0n) is 26.5. The van der Waals surface area contributed by atoms with Crippen LogP contribution < -0.4 is 0 Å². The summed E-state index contributed by atoms with van der Waals surface area (Å²) < 4.78 is 0. The molecule has 0 heterocycles. The average molecular weight is 734 g/mol. The Hall–Kier alpha value is 1.06. The van der Waals surface area contributed by atoms with Crippen molar-refractivity contribution >= 4 is 34.9 Å². The van der Waals surface area contributed by atoms with E-state index in [1.54, 1.807) is 51.4 Å². The van der Waals surface area contributed by atoms with Gasteiger partial charge in [-0.05, 0) is 100 Å². The fourth-order valence-corrected chi connectivity index (χ4v) is 14.8. The molecule has 0 aromatic carbocycles. The first-order chi connectivity index (χ1) is 20.2. The van der Waals surface area contributed by atoms with E-state index in [2.05, 4.69) is 62.5 Å². The Bertz CT molecular complexity index is 617. The Morgan fingerprint density at radius 3 is 0.927 bits per heavy atom. The molecule has 0 unspecified atom stereocenters. The molecule has 0 aromatic heterocycles. The van der Waals surface area contributed by atoms with Crippen molar-refractivity contribution in [1.29, 1.82) is 0 Å². The summed E-state index contributed by atoms with van der Waals surface area (Å²) in [5, 5.41) is 0. The molecular formula is C36H62Cl2P2Pd. The maximum absolute atomic E-state index is 4.81. The van der Waals surface area contributed by atoms with Crippen LogP contribution in [0.4, 0.5) is 0 Å². The number of allylic oxidation sites excluding steroid dienone is 8. The van der Waals surface area contributed by atoms with Crippen molar-refractivity contribution in [3.05, 3.63) is 48.6 Å². The Morgan fingerprint density at radius 2 is 0.707 bits per heavy atom. The fourth-order valence-electron chi connectivity index (χ4n) is 7.59. The van der Waals surface area contributed by atoms with Gasteiger partial charge in [0.1, 0.15) is 0 Å². The number of rotatable bonds is 10. The van der Waals surface area contributed by atoms with Gasteiger partial charge in [0, 0.05) is 0 Å². The van der Waals surface area contributed by atoms with Gasteiger partial charge in [-0.15, -0.1) is 0 Å². The molecule has 0 spiro atoms. The van der Waals surface area contributed by atoms with Gasteiger partial charge in [-0.1, -0.05) is 142 Å². The van der Waals surface area contributed by atoms with Gasteiger partial charge in [-0.3, -0.25) is 0 Å². The third kappa shape index (κ3) is 16.8. The van der Waals surface area contributed by atoms with Gasteiger partial charge in [-0.2, -0.15) is 0 Å². The zero-order valence-corrected chi connectivity index (χ0v) is 31.3. The van der Waals surface area contributed by atoms with Crippen LogP contribution in [0.3, 0.4) is 0 Å². The van der Waals surface area contributed by atoms with Crippen LogP contribution in [0.2, 0.25) is 0 Å². The topological polar surface area (TPSA) is 0 Å². The van der Waals surface area contributed by atoms with E-state index in [9.17, 15) is 0 Å². The summed E-state index contributed by atoms with van der Waals surface area (Å²) in [5.41, 5.74) is 4.40. The molecule has 41 heavy (non-hydrogen) atoms. The predicted octanol–water partition coefficient (Wildman–Crippen LogP) is 13.9. The molecule has 0 bridgehead atoms. The van der Waals surface area contributed by atoms with Crippen molar-refractivity contribution in [3.8, 4) is 0 Å². The summed E-state index contributed by atoms with van der Waals surface area (Å²) in [7, 11) is 10.2. The van der Waals surface area contributed by atoms with E-state index in [1.807, 2.05) is 0 Å². The molecule has 0 amide bonds. The van der Waals surface area contributed by atoms with Crippen molar-refractivity contribution in [2.24, 2.45) is 0 Å². The summed E-state index contributed by atoms with van der Waals surface area (Å²) in [6.45, 7) is 4.21. The second kappa shape index (κ2) is 26.3. The zero-order chi connectivity index (χ0) is 29.4. The first-order valence-electron chi connectivity index (χ1n) is 17.1. The van der Waals surface area contributed by atoms with Gasteiger partial charge >= 0.3 is 35.0 Å². The monoisotopic (exact) mass is 732 g/mol. The molecule has 4 aliphatic carbocycles. The minimum absolute atomic E-state index is 0.106. The van der Waals surface area contributed by atoms with Crippen LogP contribution in [0.5, 0.6) is 0 Å². The van der Waals surface area contributed by atoms with Gasteiger partial charge in [0.05, 0.1) is 0 Å². The quantitative estimate of drug-likeness (QED) is 0.119. The molecule has 0 nitrogen and oxygen atoms in total. The third-order valence-corrected chi connectivity index (χ3v) is 16.8. The Balaban J connectivity index is 0.000000262. The summed E-state index contributed by atoms with van der Waals surface area (Å²) in [6.07, 6.45) is 51.3. The van der Waals surface area contributed by atoms with E-state index < -0.39 is 0 Å². The van der Waals surface area contributed by atoms with E-state index >= 15 is 0 Å². The molecule has 0 saturated heterocycles. The third-order valence-electron chi connectivity index (χ3n) is 9.69. The fraction of sp³-hybridized carbons (Fsp3) is 0.778. The molecule has 0 radical (unpaired) electrons. The van der Waals surface area contributed by atoms with Crippen molar-refractivity contribution < 1.29 is 15.9 Å². The van der Waals surface area contributed by atoms with Crippen molar-refractivity contribution in [2.75, 3.05) is 12.3 Å². The normalized spacial score (nSPS) is 22.7. The summed E-state index contributed by atoms with van der Waals surface area (Å²) in [5.74, 6) is 0. The summed E-state index contributed by atoms with van der Waals surface area (Å²) in [6, 6.07) is 0. The number of hydrogen-bond acceptors (Lipinski definition) is 0. The Labute approximate surface area is 275 Å². The molecule has 4 aliphatic rings. The molecule has 4 rings (SSSR count). The van der Waals surface area contributed by atoms with E-state index in [4.69, 9.17) is 19.1 Å². The first kappa shape index (κ1) is 38.2. The van der Waals surface area contributed by atoms with Crippen LogP contribution in [0.1, 0.15) is 142 Å². The van der Waals surface area contributed by atoms with E-state index in [0.29, 0.717) is 0 Å². The van der Waals surface area contributed by atoms with Crippen molar-refractivity contribution in [2.45, 2.75) is 165 Å². The Morgan fingerprint density at radius 1 is 0.463 bits per heavy atom. The molecule has 0 atom stereocenters. The van der Waals surface area contributed by atoms with Gasteiger partial charge in [-0.25, -0.2) is 0 Å². The number of hydrogen-bond donors (Lipinski definition) is 0. The molecule has 5 heteroatoms.